The van der Waals surface area contributed by atoms with Crippen LogP contribution in [0.1, 0.15) is 31.1 Å². The van der Waals surface area contributed by atoms with Gasteiger partial charge in [-0.25, -0.2) is 0 Å². The van der Waals surface area contributed by atoms with Gasteiger partial charge in [0.15, 0.2) is 5.82 Å². The van der Waals surface area contributed by atoms with Gasteiger partial charge in [-0.2, -0.15) is 0 Å². The Balaban J connectivity index is 2.32. The van der Waals surface area contributed by atoms with Gasteiger partial charge in [0.1, 0.15) is 11.5 Å². The van der Waals surface area contributed by atoms with E-state index >= 15 is 0 Å². The third kappa shape index (κ3) is 4.37. The molecule has 2 rings (SSSR count). The minimum absolute atomic E-state index is 0.198. The summed E-state index contributed by atoms with van der Waals surface area (Å²) in [6.07, 6.45) is 0. The van der Waals surface area contributed by atoms with Crippen molar-refractivity contribution in [1.29, 1.82) is 0 Å². The Morgan fingerprint density at radius 2 is 1.88 bits per heavy atom. The first-order valence-corrected chi connectivity index (χ1v) is 7.94. The quantitative estimate of drug-likeness (QED) is 0.799. The van der Waals surface area contributed by atoms with E-state index in [1.807, 2.05) is 13.8 Å². The summed E-state index contributed by atoms with van der Waals surface area (Å²) in [5.41, 5.74) is 0.540. The molecule has 0 aliphatic carbocycles. The Bertz CT molecular complexity index is 736. The van der Waals surface area contributed by atoms with E-state index < -0.39 is 23.7 Å². The zero-order valence-electron chi connectivity index (χ0n) is 14.6. The number of aliphatic carboxylic acids is 1. The molecule has 25 heavy (non-hydrogen) atoms. The normalized spacial score (nSPS) is 13.3. The molecule has 0 aliphatic heterocycles. The molecule has 1 aromatic carbocycles. The Labute approximate surface area is 146 Å². The first-order valence-electron chi connectivity index (χ1n) is 7.94. The standard InChI is InChI=1S/C18H22N2O5/c1-10(2)15(17(21)19-14-9-11(3)25-20-14)16(18(22)23)12-5-7-13(24-4)8-6-12/h5-10,15-16H,1-4H3,(H,22,23)(H,19,20,21). The van der Waals surface area contributed by atoms with Crippen LogP contribution in [-0.4, -0.2) is 29.2 Å². The minimum atomic E-state index is -1.06. The van der Waals surface area contributed by atoms with Gasteiger partial charge in [-0.1, -0.05) is 31.1 Å². The van der Waals surface area contributed by atoms with Gasteiger partial charge in [-0.05, 0) is 30.5 Å². The number of aryl methyl sites for hydroxylation is 1. The maximum atomic E-state index is 12.7. The molecule has 0 aliphatic rings. The molecule has 7 nitrogen and oxygen atoms in total. The number of amides is 1. The number of anilines is 1. The Hall–Kier alpha value is -2.83. The predicted molar refractivity (Wildman–Crippen MR) is 91.6 cm³/mol. The van der Waals surface area contributed by atoms with E-state index in [1.54, 1.807) is 37.3 Å². The van der Waals surface area contributed by atoms with Crippen LogP contribution in [0, 0.1) is 18.8 Å². The van der Waals surface area contributed by atoms with Crippen LogP contribution in [0.3, 0.4) is 0 Å². The van der Waals surface area contributed by atoms with Gasteiger partial charge < -0.3 is 19.7 Å². The molecule has 134 valence electrons. The zero-order chi connectivity index (χ0) is 18.6. The number of methoxy groups -OCH3 is 1. The molecule has 0 bridgehead atoms. The molecule has 2 aromatic rings. The highest BCUT2D eigenvalue weighted by Gasteiger charge is 2.37. The fourth-order valence-electron chi connectivity index (χ4n) is 2.79. The van der Waals surface area contributed by atoms with Crippen LogP contribution < -0.4 is 10.1 Å². The Morgan fingerprint density at radius 1 is 1.24 bits per heavy atom. The lowest BCUT2D eigenvalue weighted by Crippen LogP contribution is -2.36. The summed E-state index contributed by atoms with van der Waals surface area (Å²) in [7, 11) is 1.54. The third-order valence-electron chi connectivity index (χ3n) is 4.00. The van der Waals surface area contributed by atoms with Crippen LogP contribution in [0.2, 0.25) is 0 Å². The molecule has 0 radical (unpaired) electrons. The van der Waals surface area contributed by atoms with E-state index in [-0.39, 0.29) is 11.7 Å². The number of carbonyl (C=O) groups excluding carboxylic acids is 1. The lowest BCUT2D eigenvalue weighted by molar-refractivity contribution is -0.143. The van der Waals surface area contributed by atoms with E-state index in [1.165, 1.54) is 7.11 Å². The van der Waals surface area contributed by atoms with Gasteiger partial charge in [0, 0.05) is 6.07 Å². The smallest absolute Gasteiger partial charge is 0.311 e. The van der Waals surface area contributed by atoms with Crippen molar-refractivity contribution in [2.24, 2.45) is 11.8 Å². The molecule has 2 atom stereocenters. The maximum absolute atomic E-state index is 12.7. The SMILES string of the molecule is COc1ccc(C(C(=O)O)C(C(=O)Nc2cc(C)on2)C(C)C)cc1. The largest absolute Gasteiger partial charge is 0.497 e. The number of hydrogen-bond acceptors (Lipinski definition) is 5. The molecule has 0 spiro atoms. The first kappa shape index (κ1) is 18.5. The summed E-state index contributed by atoms with van der Waals surface area (Å²) in [6.45, 7) is 5.34. The highest BCUT2D eigenvalue weighted by molar-refractivity contribution is 5.96. The summed E-state index contributed by atoms with van der Waals surface area (Å²) >= 11 is 0. The van der Waals surface area contributed by atoms with Crippen molar-refractivity contribution >= 4 is 17.7 Å². The summed E-state index contributed by atoms with van der Waals surface area (Å²) < 4.78 is 10.0. The fourth-order valence-corrected chi connectivity index (χ4v) is 2.79. The number of carboxylic acid groups (broad SMARTS) is 1. The minimum Gasteiger partial charge on any atom is -0.497 e. The topological polar surface area (TPSA) is 102 Å². The molecule has 7 heteroatoms. The van der Waals surface area contributed by atoms with E-state index in [2.05, 4.69) is 10.5 Å². The van der Waals surface area contributed by atoms with E-state index in [4.69, 9.17) is 9.26 Å². The molecule has 0 fully saturated rings. The van der Waals surface area contributed by atoms with Gasteiger partial charge in [-0.3, -0.25) is 9.59 Å². The number of ether oxygens (including phenoxy) is 1. The number of benzene rings is 1. The molecule has 1 amide bonds. The average Bonchev–Trinajstić information content (AvgIpc) is 2.96. The Morgan fingerprint density at radius 3 is 2.32 bits per heavy atom. The molecule has 0 saturated heterocycles. The number of aromatic nitrogens is 1. The van der Waals surface area contributed by atoms with Crippen molar-refractivity contribution in [3.05, 3.63) is 41.7 Å². The summed E-state index contributed by atoms with van der Waals surface area (Å²) in [4.78, 5) is 24.6. The second-order valence-corrected chi connectivity index (χ2v) is 6.17. The lowest BCUT2D eigenvalue weighted by atomic mass is 9.78. The van der Waals surface area contributed by atoms with Crippen LogP contribution in [-0.2, 0) is 9.59 Å². The van der Waals surface area contributed by atoms with Gasteiger partial charge in [0.2, 0.25) is 5.91 Å². The first-order chi connectivity index (χ1) is 11.8. The second-order valence-electron chi connectivity index (χ2n) is 6.17. The van der Waals surface area contributed by atoms with Crippen molar-refractivity contribution in [2.45, 2.75) is 26.7 Å². The van der Waals surface area contributed by atoms with Crippen molar-refractivity contribution in [2.75, 3.05) is 12.4 Å². The predicted octanol–water partition coefficient (Wildman–Crippen LogP) is 3.07. The number of rotatable bonds is 7. The van der Waals surface area contributed by atoms with Crippen molar-refractivity contribution in [3.8, 4) is 5.75 Å². The van der Waals surface area contributed by atoms with Crippen LogP contribution in [0.15, 0.2) is 34.9 Å². The average molecular weight is 346 g/mol. The number of carboxylic acids is 1. The summed E-state index contributed by atoms with van der Waals surface area (Å²) in [5, 5.41) is 16.1. The Kier molecular flexibility index (Phi) is 5.80. The van der Waals surface area contributed by atoms with E-state index in [0.717, 1.165) is 0 Å². The number of nitrogens with zero attached hydrogens (tertiary/aromatic N) is 1. The highest BCUT2D eigenvalue weighted by atomic mass is 16.5. The monoisotopic (exact) mass is 346 g/mol. The number of carbonyl (C=O) groups is 2. The van der Waals surface area contributed by atoms with E-state index in [9.17, 15) is 14.7 Å². The van der Waals surface area contributed by atoms with Gasteiger partial charge in [-0.15, -0.1) is 0 Å². The lowest BCUT2D eigenvalue weighted by Gasteiger charge is -2.26. The van der Waals surface area contributed by atoms with Gasteiger partial charge in [0.25, 0.3) is 0 Å². The van der Waals surface area contributed by atoms with Crippen LogP contribution in [0.4, 0.5) is 5.82 Å². The molecule has 0 saturated carbocycles. The fraction of sp³-hybridized carbons (Fsp3) is 0.389. The molecular weight excluding hydrogens is 324 g/mol. The van der Waals surface area contributed by atoms with Gasteiger partial charge in [0.05, 0.1) is 18.9 Å². The van der Waals surface area contributed by atoms with Crippen molar-refractivity contribution in [1.82, 2.24) is 5.16 Å². The summed E-state index contributed by atoms with van der Waals surface area (Å²) in [6, 6.07) is 8.28. The molecule has 1 aromatic heterocycles. The molecule has 2 N–H and O–H groups in total. The van der Waals surface area contributed by atoms with E-state index in [0.29, 0.717) is 17.1 Å². The highest BCUT2D eigenvalue weighted by Crippen LogP contribution is 2.33. The van der Waals surface area contributed by atoms with Gasteiger partial charge >= 0.3 is 5.97 Å². The van der Waals surface area contributed by atoms with Crippen LogP contribution in [0.25, 0.3) is 0 Å². The summed E-state index contributed by atoms with van der Waals surface area (Å²) in [5.74, 6) is -1.98. The zero-order valence-corrected chi connectivity index (χ0v) is 14.6. The number of hydrogen-bond donors (Lipinski definition) is 2. The van der Waals surface area contributed by atoms with Crippen molar-refractivity contribution in [3.63, 3.8) is 0 Å². The van der Waals surface area contributed by atoms with Crippen LogP contribution in [0.5, 0.6) is 5.75 Å². The number of nitrogens with one attached hydrogen (secondary N) is 1. The second kappa shape index (κ2) is 7.83. The molecule has 2 unspecified atom stereocenters. The van der Waals surface area contributed by atoms with Crippen molar-refractivity contribution < 1.29 is 24.0 Å². The molecular formula is C18H22N2O5. The third-order valence-corrected chi connectivity index (χ3v) is 4.00. The van der Waals surface area contributed by atoms with Crippen LogP contribution >= 0.6 is 0 Å². The molecule has 1 heterocycles. The maximum Gasteiger partial charge on any atom is 0.311 e.